The van der Waals surface area contributed by atoms with E-state index < -0.39 is 0 Å². The minimum absolute atomic E-state index is 0.0714. The van der Waals surface area contributed by atoms with E-state index in [1.807, 2.05) is 0 Å². The van der Waals surface area contributed by atoms with Gasteiger partial charge >= 0.3 is 0 Å². The topological polar surface area (TPSA) is 41.0 Å². The third-order valence-corrected chi connectivity index (χ3v) is 4.21. The van der Waals surface area contributed by atoms with Crippen molar-refractivity contribution in [1.82, 2.24) is 14.9 Å². The normalized spacial score (nSPS) is 23.9. The maximum absolute atomic E-state index is 4.38. The highest BCUT2D eigenvalue weighted by Gasteiger charge is 2.23. The van der Waals surface area contributed by atoms with Crippen molar-refractivity contribution >= 4 is 5.82 Å². The zero-order chi connectivity index (χ0) is 14.8. The van der Waals surface area contributed by atoms with Crippen molar-refractivity contribution in [2.75, 3.05) is 19.4 Å². The second kappa shape index (κ2) is 6.08. The van der Waals surface area contributed by atoms with Crippen LogP contribution < -0.4 is 5.32 Å². The molecule has 1 aromatic rings. The van der Waals surface area contributed by atoms with E-state index >= 15 is 0 Å². The van der Waals surface area contributed by atoms with Gasteiger partial charge in [-0.05, 0) is 39.8 Å². The van der Waals surface area contributed by atoms with E-state index in [1.165, 1.54) is 25.7 Å². The molecule has 1 fully saturated rings. The Hall–Kier alpha value is -1.16. The van der Waals surface area contributed by atoms with Crippen molar-refractivity contribution < 1.29 is 0 Å². The molecule has 1 N–H and O–H groups in total. The first-order valence-electron chi connectivity index (χ1n) is 7.62. The monoisotopic (exact) mass is 276 g/mol. The standard InChI is InChI=1S/C16H28N4/c1-16(2,3)14-10-15(18-11-17-14)19-12-6-8-13(9-7-12)20(4)5/h10-13H,6-9H2,1-5H3,(H,17,18,19)/t12-,13+. The molecule has 1 aliphatic carbocycles. The summed E-state index contributed by atoms with van der Waals surface area (Å²) in [5.41, 5.74) is 1.17. The molecule has 0 unspecified atom stereocenters. The maximum Gasteiger partial charge on any atom is 0.129 e. The maximum atomic E-state index is 4.38. The first kappa shape index (κ1) is 15.2. The lowest BCUT2D eigenvalue weighted by Gasteiger charge is -2.33. The van der Waals surface area contributed by atoms with Gasteiger partial charge in [0.25, 0.3) is 0 Å². The molecule has 0 bridgehead atoms. The van der Waals surface area contributed by atoms with E-state index in [0.29, 0.717) is 6.04 Å². The molecule has 0 atom stereocenters. The fourth-order valence-corrected chi connectivity index (χ4v) is 2.79. The number of hydrogen-bond acceptors (Lipinski definition) is 4. The third-order valence-electron chi connectivity index (χ3n) is 4.21. The highest BCUT2D eigenvalue weighted by atomic mass is 15.1. The van der Waals surface area contributed by atoms with E-state index in [4.69, 9.17) is 0 Å². The Balaban J connectivity index is 1.95. The average Bonchev–Trinajstić information content (AvgIpc) is 2.38. The van der Waals surface area contributed by atoms with Crippen LogP contribution in [0.4, 0.5) is 5.82 Å². The summed E-state index contributed by atoms with van der Waals surface area (Å²) in [5.74, 6) is 0.971. The SMILES string of the molecule is CN(C)[C@H]1CC[C@@H](Nc2cc(C(C)(C)C)ncn2)CC1. The first-order valence-corrected chi connectivity index (χ1v) is 7.62. The summed E-state index contributed by atoms with van der Waals surface area (Å²) in [4.78, 5) is 11.1. The molecule has 4 nitrogen and oxygen atoms in total. The highest BCUT2D eigenvalue weighted by molar-refractivity contribution is 5.37. The second-order valence-electron chi connectivity index (χ2n) is 7.15. The third kappa shape index (κ3) is 3.92. The van der Waals surface area contributed by atoms with E-state index in [1.54, 1.807) is 6.33 Å². The number of anilines is 1. The molecule has 0 spiro atoms. The van der Waals surface area contributed by atoms with Crippen molar-refractivity contribution in [1.29, 1.82) is 0 Å². The Bertz CT molecular complexity index is 428. The Kier molecular flexibility index (Phi) is 4.63. The lowest BCUT2D eigenvalue weighted by molar-refractivity contribution is 0.221. The summed E-state index contributed by atoms with van der Waals surface area (Å²) in [7, 11) is 4.36. The van der Waals surface area contributed by atoms with Crippen LogP contribution in [0.2, 0.25) is 0 Å². The molecular weight excluding hydrogens is 248 g/mol. The van der Waals surface area contributed by atoms with Crippen LogP contribution >= 0.6 is 0 Å². The van der Waals surface area contributed by atoms with E-state index in [2.05, 4.69) is 61.1 Å². The Morgan fingerprint density at radius 3 is 2.30 bits per heavy atom. The molecule has 20 heavy (non-hydrogen) atoms. The van der Waals surface area contributed by atoms with Gasteiger partial charge in [-0.25, -0.2) is 9.97 Å². The summed E-state index contributed by atoms with van der Waals surface area (Å²) in [5, 5.41) is 3.58. The number of aromatic nitrogens is 2. The van der Waals surface area contributed by atoms with Crippen LogP contribution in [0.3, 0.4) is 0 Å². The number of nitrogens with zero attached hydrogens (tertiary/aromatic N) is 3. The summed E-state index contributed by atoms with van der Waals surface area (Å²) in [6.07, 6.45) is 6.65. The average molecular weight is 276 g/mol. The minimum Gasteiger partial charge on any atom is -0.367 e. The van der Waals surface area contributed by atoms with Gasteiger partial charge in [0.05, 0.1) is 5.69 Å². The fraction of sp³-hybridized carbons (Fsp3) is 0.750. The number of nitrogens with one attached hydrogen (secondary N) is 1. The lowest BCUT2D eigenvalue weighted by atomic mass is 9.90. The van der Waals surface area contributed by atoms with E-state index in [-0.39, 0.29) is 5.41 Å². The van der Waals surface area contributed by atoms with Crippen molar-refractivity contribution in [2.24, 2.45) is 0 Å². The van der Waals surface area contributed by atoms with Gasteiger partial charge in [-0.15, -0.1) is 0 Å². The largest absolute Gasteiger partial charge is 0.367 e. The summed E-state index contributed by atoms with van der Waals surface area (Å²) in [6, 6.07) is 3.38. The van der Waals surface area contributed by atoms with Gasteiger partial charge in [0.15, 0.2) is 0 Å². The van der Waals surface area contributed by atoms with Crippen molar-refractivity contribution in [2.45, 2.75) is 64.0 Å². The van der Waals surface area contributed by atoms with Gasteiger partial charge in [-0.1, -0.05) is 20.8 Å². The zero-order valence-electron chi connectivity index (χ0n) is 13.5. The molecule has 1 heterocycles. The van der Waals surface area contributed by atoms with Crippen molar-refractivity contribution in [3.63, 3.8) is 0 Å². The molecule has 1 aliphatic rings. The van der Waals surface area contributed by atoms with Crippen LogP contribution in [0.25, 0.3) is 0 Å². The van der Waals surface area contributed by atoms with E-state index in [9.17, 15) is 0 Å². The fourth-order valence-electron chi connectivity index (χ4n) is 2.79. The molecule has 112 valence electrons. The lowest BCUT2D eigenvalue weighted by Crippen LogP contribution is -2.36. The van der Waals surface area contributed by atoms with Crippen LogP contribution in [0.5, 0.6) is 0 Å². The number of rotatable bonds is 3. The van der Waals surface area contributed by atoms with Gasteiger partial charge in [0.2, 0.25) is 0 Å². The smallest absolute Gasteiger partial charge is 0.129 e. The van der Waals surface area contributed by atoms with Gasteiger partial charge in [-0.2, -0.15) is 0 Å². The van der Waals surface area contributed by atoms with E-state index in [0.717, 1.165) is 17.6 Å². The second-order valence-corrected chi connectivity index (χ2v) is 7.15. The van der Waals surface area contributed by atoms with Crippen LogP contribution in [-0.2, 0) is 5.41 Å². The molecule has 0 radical (unpaired) electrons. The quantitative estimate of drug-likeness (QED) is 0.921. The molecule has 1 aromatic heterocycles. The molecule has 0 saturated heterocycles. The first-order chi connectivity index (χ1) is 9.36. The van der Waals surface area contributed by atoms with Crippen LogP contribution in [-0.4, -0.2) is 41.0 Å². The van der Waals surface area contributed by atoms with Crippen LogP contribution in [0, 0.1) is 0 Å². The van der Waals surface area contributed by atoms with Crippen LogP contribution in [0.15, 0.2) is 12.4 Å². The molecule has 2 rings (SSSR count). The van der Waals surface area contributed by atoms with Gasteiger partial charge < -0.3 is 10.2 Å². The molecule has 0 aromatic carbocycles. The Morgan fingerprint density at radius 2 is 1.75 bits per heavy atom. The van der Waals surface area contributed by atoms with Crippen molar-refractivity contribution in [3.05, 3.63) is 18.1 Å². The summed E-state index contributed by atoms with van der Waals surface area (Å²) < 4.78 is 0. The Morgan fingerprint density at radius 1 is 1.10 bits per heavy atom. The Labute approximate surface area is 123 Å². The summed E-state index contributed by atoms with van der Waals surface area (Å²) in [6.45, 7) is 6.55. The predicted molar refractivity (Wildman–Crippen MR) is 84.1 cm³/mol. The predicted octanol–water partition coefficient (Wildman–Crippen LogP) is 3.06. The van der Waals surface area contributed by atoms with Gasteiger partial charge in [-0.3, -0.25) is 0 Å². The highest BCUT2D eigenvalue weighted by Crippen LogP contribution is 2.25. The van der Waals surface area contributed by atoms with Crippen LogP contribution in [0.1, 0.15) is 52.1 Å². The molecule has 0 aliphatic heterocycles. The van der Waals surface area contributed by atoms with Gasteiger partial charge in [0.1, 0.15) is 12.1 Å². The molecule has 1 saturated carbocycles. The van der Waals surface area contributed by atoms with Gasteiger partial charge in [0, 0.05) is 23.6 Å². The molecule has 0 amide bonds. The molecular formula is C16H28N4. The zero-order valence-corrected chi connectivity index (χ0v) is 13.5. The molecule has 4 heteroatoms. The number of hydrogen-bond donors (Lipinski definition) is 1. The summed E-state index contributed by atoms with van der Waals surface area (Å²) >= 11 is 0. The van der Waals surface area contributed by atoms with Crippen molar-refractivity contribution in [3.8, 4) is 0 Å². The minimum atomic E-state index is 0.0714.